The molecule has 18 heavy (non-hydrogen) atoms. The largest absolute Gasteiger partial charge is 0.496 e. The Hall–Kier alpha value is -1.71. The molecule has 0 aromatic heterocycles. The van der Waals surface area contributed by atoms with E-state index in [1.54, 1.807) is 12.0 Å². The summed E-state index contributed by atoms with van der Waals surface area (Å²) in [5, 5.41) is 2.87. The Morgan fingerprint density at radius 2 is 2.00 bits per heavy atom. The van der Waals surface area contributed by atoms with Gasteiger partial charge < -0.3 is 15.0 Å². The highest BCUT2D eigenvalue weighted by molar-refractivity contribution is 5.77. The van der Waals surface area contributed by atoms with Gasteiger partial charge in [0.25, 0.3) is 0 Å². The summed E-state index contributed by atoms with van der Waals surface area (Å²) in [6.07, 6.45) is 0. The van der Waals surface area contributed by atoms with Crippen molar-refractivity contribution >= 4 is 6.03 Å². The summed E-state index contributed by atoms with van der Waals surface area (Å²) in [5.41, 5.74) is 4.67. The second kappa shape index (κ2) is 4.52. The number of methoxy groups -OCH3 is 1. The van der Waals surface area contributed by atoms with Gasteiger partial charge in [0.1, 0.15) is 5.75 Å². The Kier molecular flexibility index (Phi) is 3.20. The second-order valence-corrected chi connectivity index (χ2v) is 4.88. The zero-order valence-corrected chi connectivity index (χ0v) is 11.6. The van der Waals surface area contributed by atoms with E-state index >= 15 is 0 Å². The molecule has 98 valence electrons. The highest BCUT2D eigenvalue weighted by Gasteiger charge is 2.30. The number of aryl methyl sites for hydroxylation is 1. The lowest BCUT2D eigenvalue weighted by Gasteiger charge is -2.23. The Morgan fingerprint density at radius 3 is 2.50 bits per heavy atom. The molecule has 4 nitrogen and oxygen atoms in total. The van der Waals surface area contributed by atoms with Crippen molar-refractivity contribution in [3.8, 4) is 5.75 Å². The van der Waals surface area contributed by atoms with E-state index in [-0.39, 0.29) is 12.1 Å². The molecule has 0 radical (unpaired) electrons. The van der Waals surface area contributed by atoms with Gasteiger partial charge in [-0.3, -0.25) is 0 Å². The summed E-state index contributed by atoms with van der Waals surface area (Å²) in [5.74, 6) is 0.941. The van der Waals surface area contributed by atoms with E-state index < -0.39 is 0 Å². The molecule has 0 saturated carbocycles. The van der Waals surface area contributed by atoms with Crippen LogP contribution in [0.2, 0.25) is 0 Å². The second-order valence-electron chi connectivity index (χ2n) is 4.88. The smallest absolute Gasteiger partial charge is 0.317 e. The van der Waals surface area contributed by atoms with Gasteiger partial charge in [-0.25, -0.2) is 4.79 Å². The zero-order valence-electron chi connectivity index (χ0n) is 11.6. The minimum absolute atomic E-state index is 0.00877. The van der Waals surface area contributed by atoms with E-state index in [4.69, 9.17) is 4.74 Å². The topological polar surface area (TPSA) is 41.6 Å². The fraction of sp³-hybridized carbons (Fsp3) is 0.500. The number of nitrogens with one attached hydrogen (secondary N) is 1. The molecule has 4 heteroatoms. The predicted octanol–water partition coefficient (Wildman–Crippen LogP) is 2.32. The molecule has 1 heterocycles. The minimum Gasteiger partial charge on any atom is -0.496 e. The quantitative estimate of drug-likeness (QED) is 0.872. The minimum atomic E-state index is -0.00877. The van der Waals surface area contributed by atoms with Gasteiger partial charge >= 0.3 is 6.03 Å². The lowest BCUT2D eigenvalue weighted by atomic mass is 9.94. The van der Waals surface area contributed by atoms with Crippen LogP contribution in [0.4, 0.5) is 4.79 Å². The number of urea groups is 1. The molecule has 1 atom stereocenters. The standard InChI is InChI=1S/C14H20N2O2/c1-8-6-11(9(2)10(3)13(8)18-5)12-7-15-14(17)16(12)4/h6,12H,7H2,1-5H3,(H,15,17). The van der Waals surface area contributed by atoms with Crippen molar-refractivity contribution in [1.29, 1.82) is 0 Å². The molecule has 1 unspecified atom stereocenters. The number of likely N-dealkylation sites (N-methyl/N-ethyl adjacent to an activating group) is 1. The van der Waals surface area contributed by atoms with Crippen LogP contribution in [0.3, 0.4) is 0 Å². The summed E-state index contributed by atoms with van der Waals surface area (Å²) in [4.78, 5) is 13.3. The van der Waals surface area contributed by atoms with Gasteiger partial charge in [-0.1, -0.05) is 0 Å². The van der Waals surface area contributed by atoms with Gasteiger partial charge in [0.15, 0.2) is 0 Å². The fourth-order valence-corrected chi connectivity index (χ4v) is 2.66. The Labute approximate surface area is 108 Å². The molecule has 1 aliphatic heterocycles. The van der Waals surface area contributed by atoms with Crippen LogP contribution < -0.4 is 10.1 Å². The number of benzene rings is 1. The van der Waals surface area contributed by atoms with Crippen molar-refractivity contribution in [1.82, 2.24) is 10.2 Å². The molecule has 0 bridgehead atoms. The molecule has 1 aromatic rings. The summed E-state index contributed by atoms with van der Waals surface area (Å²) >= 11 is 0. The lowest BCUT2D eigenvalue weighted by Crippen LogP contribution is -2.25. The molecule has 1 aromatic carbocycles. The summed E-state index contributed by atoms with van der Waals surface area (Å²) < 4.78 is 5.43. The van der Waals surface area contributed by atoms with Crippen LogP contribution in [-0.4, -0.2) is 31.6 Å². The zero-order chi connectivity index (χ0) is 13.4. The molecular weight excluding hydrogens is 228 g/mol. The van der Waals surface area contributed by atoms with Crippen molar-refractivity contribution in [2.45, 2.75) is 26.8 Å². The normalized spacial score (nSPS) is 19.1. The number of ether oxygens (including phenoxy) is 1. The van der Waals surface area contributed by atoms with Gasteiger partial charge in [-0.05, 0) is 49.1 Å². The molecule has 0 spiro atoms. The van der Waals surface area contributed by atoms with Gasteiger partial charge in [-0.15, -0.1) is 0 Å². The average molecular weight is 248 g/mol. The van der Waals surface area contributed by atoms with E-state index in [0.717, 1.165) is 16.9 Å². The maximum absolute atomic E-state index is 11.6. The molecule has 2 rings (SSSR count). The highest BCUT2D eigenvalue weighted by atomic mass is 16.5. The van der Waals surface area contributed by atoms with E-state index in [1.807, 2.05) is 14.0 Å². The Morgan fingerprint density at radius 1 is 1.33 bits per heavy atom. The van der Waals surface area contributed by atoms with Crippen LogP contribution in [-0.2, 0) is 0 Å². The molecule has 1 fully saturated rings. The van der Waals surface area contributed by atoms with Gasteiger partial charge in [0.2, 0.25) is 0 Å². The van der Waals surface area contributed by atoms with Crippen molar-refractivity contribution < 1.29 is 9.53 Å². The fourth-order valence-electron chi connectivity index (χ4n) is 2.66. The number of hydrogen-bond donors (Lipinski definition) is 1. The van der Waals surface area contributed by atoms with Crippen molar-refractivity contribution in [3.05, 3.63) is 28.3 Å². The van der Waals surface area contributed by atoms with Crippen LogP contribution in [0.5, 0.6) is 5.75 Å². The van der Waals surface area contributed by atoms with Crippen molar-refractivity contribution in [2.24, 2.45) is 0 Å². The van der Waals surface area contributed by atoms with E-state index in [2.05, 4.69) is 25.2 Å². The average Bonchev–Trinajstić information content (AvgIpc) is 2.66. The summed E-state index contributed by atoms with van der Waals surface area (Å²) in [7, 11) is 3.53. The molecule has 2 amide bonds. The lowest BCUT2D eigenvalue weighted by molar-refractivity contribution is 0.216. The maximum Gasteiger partial charge on any atom is 0.317 e. The number of rotatable bonds is 2. The van der Waals surface area contributed by atoms with E-state index in [0.29, 0.717) is 6.54 Å². The van der Waals surface area contributed by atoms with Crippen LogP contribution >= 0.6 is 0 Å². The molecule has 1 saturated heterocycles. The van der Waals surface area contributed by atoms with E-state index in [9.17, 15) is 4.79 Å². The first-order valence-corrected chi connectivity index (χ1v) is 6.12. The van der Waals surface area contributed by atoms with Crippen LogP contribution in [0.1, 0.15) is 28.3 Å². The van der Waals surface area contributed by atoms with Crippen LogP contribution in [0, 0.1) is 20.8 Å². The summed E-state index contributed by atoms with van der Waals surface area (Å²) in [6, 6.07) is 2.23. The summed E-state index contributed by atoms with van der Waals surface area (Å²) in [6.45, 7) is 6.86. The van der Waals surface area contributed by atoms with Gasteiger partial charge in [-0.2, -0.15) is 0 Å². The third-order valence-electron chi connectivity index (χ3n) is 3.86. The molecular formula is C14H20N2O2. The highest BCUT2D eigenvalue weighted by Crippen LogP contribution is 2.34. The van der Waals surface area contributed by atoms with Crippen LogP contribution in [0.25, 0.3) is 0 Å². The van der Waals surface area contributed by atoms with E-state index in [1.165, 1.54) is 11.1 Å². The first kappa shape index (κ1) is 12.7. The number of hydrogen-bond acceptors (Lipinski definition) is 2. The Balaban J connectivity index is 2.50. The third-order valence-corrected chi connectivity index (χ3v) is 3.86. The molecule has 0 aliphatic carbocycles. The predicted molar refractivity (Wildman–Crippen MR) is 71.1 cm³/mol. The number of carbonyl (C=O) groups is 1. The molecule has 1 N–H and O–H groups in total. The Bertz CT molecular complexity index is 497. The first-order chi connectivity index (χ1) is 8.47. The first-order valence-electron chi connectivity index (χ1n) is 6.12. The van der Waals surface area contributed by atoms with Crippen molar-refractivity contribution in [2.75, 3.05) is 20.7 Å². The van der Waals surface area contributed by atoms with Crippen LogP contribution in [0.15, 0.2) is 6.07 Å². The van der Waals surface area contributed by atoms with Gasteiger partial charge in [0, 0.05) is 13.6 Å². The third kappa shape index (κ3) is 1.82. The maximum atomic E-state index is 11.6. The number of carbonyl (C=O) groups excluding carboxylic acids is 1. The van der Waals surface area contributed by atoms with Gasteiger partial charge in [0.05, 0.1) is 13.2 Å². The number of nitrogens with zero attached hydrogens (tertiary/aromatic N) is 1. The van der Waals surface area contributed by atoms with Crippen molar-refractivity contribution in [3.63, 3.8) is 0 Å². The number of amides is 2. The SMILES string of the molecule is COc1c(C)cc(C2CNC(=O)N2C)c(C)c1C. The molecule has 1 aliphatic rings. The monoisotopic (exact) mass is 248 g/mol.